The standard InChI is InChI=1S/C9H9F3O2/c10-9(11,12)14-7-13-6-8-4-2-1-3-5-8/h1-5H,6-7H2. The van der Waals surface area contributed by atoms with Gasteiger partial charge < -0.3 is 4.74 Å². The minimum Gasteiger partial charge on any atom is -0.350 e. The normalized spacial score (nSPS) is 11.6. The topological polar surface area (TPSA) is 18.5 Å². The van der Waals surface area contributed by atoms with Crippen LogP contribution in [-0.2, 0) is 16.1 Å². The van der Waals surface area contributed by atoms with E-state index in [1.165, 1.54) is 0 Å². The van der Waals surface area contributed by atoms with Crippen molar-refractivity contribution < 1.29 is 22.6 Å². The van der Waals surface area contributed by atoms with Crippen molar-refractivity contribution in [1.29, 1.82) is 0 Å². The van der Waals surface area contributed by atoms with Crippen LogP contribution in [0.3, 0.4) is 0 Å². The van der Waals surface area contributed by atoms with E-state index in [9.17, 15) is 13.2 Å². The van der Waals surface area contributed by atoms with Gasteiger partial charge in [-0.2, -0.15) is 0 Å². The highest BCUT2D eigenvalue weighted by Gasteiger charge is 2.28. The van der Waals surface area contributed by atoms with Crippen LogP contribution in [0.4, 0.5) is 13.2 Å². The van der Waals surface area contributed by atoms with E-state index in [-0.39, 0.29) is 6.61 Å². The monoisotopic (exact) mass is 206 g/mol. The lowest BCUT2D eigenvalue weighted by Gasteiger charge is -2.07. The van der Waals surface area contributed by atoms with Gasteiger partial charge in [0.2, 0.25) is 0 Å². The second-order valence-corrected chi connectivity index (χ2v) is 2.54. The van der Waals surface area contributed by atoms with E-state index in [1.54, 1.807) is 24.3 Å². The first-order chi connectivity index (χ1) is 6.58. The molecule has 0 aliphatic rings. The zero-order valence-electron chi connectivity index (χ0n) is 7.25. The van der Waals surface area contributed by atoms with Crippen molar-refractivity contribution in [3.8, 4) is 0 Å². The average Bonchev–Trinajstić information content (AvgIpc) is 2.13. The van der Waals surface area contributed by atoms with E-state index < -0.39 is 13.2 Å². The molecule has 5 heteroatoms. The summed E-state index contributed by atoms with van der Waals surface area (Å²) in [7, 11) is 0. The predicted octanol–water partition coefficient (Wildman–Crippen LogP) is 2.70. The number of alkyl halides is 3. The number of ether oxygens (including phenoxy) is 2. The fraction of sp³-hybridized carbons (Fsp3) is 0.333. The van der Waals surface area contributed by atoms with E-state index in [0.29, 0.717) is 0 Å². The minimum absolute atomic E-state index is 0.108. The van der Waals surface area contributed by atoms with Gasteiger partial charge in [-0.1, -0.05) is 30.3 Å². The second kappa shape index (κ2) is 4.97. The van der Waals surface area contributed by atoms with Gasteiger partial charge in [0.05, 0.1) is 6.61 Å². The van der Waals surface area contributed by atoms with Crippen LogP contribution in [0.5, 0.6) is 0 Å². The third-order valence-corrected chi connectivity index (χ3v) is 1.42. The predicted molar refractivity (Wildman–Crippen MR) is 43.2 cm³/mol. The van der Waals surface area contributed by atoms with Crippen molar-refractivity contribution in [3.05, 3.63) is 35.9 Å². The molecule has 0 aromatic heterocycles. The van der Waals surface area contributed by atoms with Crippen LogP contribution < -0.4 is 0 Å². The average molecular weight is 206 g/mol. The number of benzene rings is 1. The summed E-state index contributed by atoms with van der Waals surface area (Å²) in [6.45, 7) is -0.671. The van der Waals surface area contributed by atoms with Crippen LogP contribution in [0, 0.1) is 0 Å². The number of hydrogen-bond donors (Lipinski definition) is 0. The molecule has 1 aromatic carbocycles. The first-order valence-electron chi connectivity index (χ1n) is 3.90. The Balaban J connectivity index is 2.17. The van der Waals surface area contributed by atoms with E-state index in [1.807, 2.05) is 6.07 Å². The molecule has 0 unspecified atom stereocenters. The van der Waals surface area contributed by atoms with E-state index in [4.69, 9.17) is 0 Å². The molecule has 0 radical (unpaired) electrons. The molecular formula is C9H9F3O2. The molecule has 0 spiro atoms. The molecular weight excluding hydrogens is 197 g/mol. The maximum Gasteiger partial charge on any atom is 0.524 e. The molecule has 0 saturated carbocycles. The summed E-state index contributed by atoms with van der Waals surface area (Å²) in [6.07, 6.45) is -4.63. The molecule has 1 aromatic rings. The van der Waals surface area contributed by atoms with Crippen LogP contribution in [-0.4, -0.2) is 13.2 Å². The van der Waals surface area contributed by atoms with Gasteiger partial charge in [0.1, 0.15) is 0 Å². The van der Waals surface area contributed by atoms with Gasteiger partial charge >= 0.3 is 6.36 Å². The Hall–Kier alpha value is -1.07. The highest BCUT2D eigenvalue weighted by atomic mass is 19.4. The number of hydrogen-bond acceptors (Lipinski definition) is 2. The summed E-state index contributed by atoms with van der Waals surface area (Å²) < 4.78 is 42.5. The van der Waals surface area contributed by atoms with Crippen LogP contribution >= 0.6 is 0 Å². The van der Waals surface area contributed by atoms with Crippen LogP contribution in [0.25, 0.3) is 0 Å². The Morgan fingerprint density at radius 1 is 1.07 bits per heavy atom. The first kappa shape index (κ1) is 11.0. The number of halogens is 3. The summed E-state index contributed by atoms with van der Waals surface area (Å²) in [4.78, 5) is 0. The van der Waals surface area contributed by atoms with Crippen molar-refractivity contribution in [2.24, 2.45) is 0 Å². The molecule has 0 atom stereocenters. The zero-order valence-corrected chi connectivity index (χ0v) is 7.25. The molecule has 78 valence electrons. The summed E-state index contributed by atoms with van der Waals surface area (Å²) in [5, 5.41) is 0. The largest absolute Gasteiger partial charge is 0.524 e. The van der Waals surface area contributed by atoms with Crippen LogP contribution in [0.1, 0.15) is 5.56 Å². The molecule has 0 saturated heterocycles. The molecule has 0 amide bonds. The molecule has 14 heavy (non-hydrogen) atoms. The van der Waals surface area contributed by atoms with E-state index >= 15 is 0 Å². The van der Waals surface area contributed by atoms with Gasteiger partial charge in [-0.15, -0.1) is 13.2 Å². The molecule has 0 heterocycles. The fourth-order valence-electron chi connectivity index (χ4n) is 0.842. The van der Waals surface area contributed by atoms with Gasteiger partial charge in [-0.25, -0.2) is 0 Å². The maximum absolute atomic E-state index is 11.5. The Kier molecular flexibility index (Phi) is 3.91. The van der Waals surface area contributed by atoms with Gasteiger partial charge in [0.15, 0.2) is 6.79 Å². The smallest absolute Gasteiger partial charge is 0.350 e. The van der Waals surface area contributed by atoms with E-state index in [2.05, 4.69) is 9.47 Å². The fourth-order valence-corrected chi connectivity index (χ4v) is 0.842. The van der Waals surface area contributed by atoms with Gasteiger partial charge in [-0.05, 0) is 5.56 Å². The Bertz CT molecular complexity index is 259. The molecule has 0 fully saturated rings. The van der Waals surface area contributed by atoms with Crippen molar-refractivity contribution in [2.45, 2.75) is 13.0 Å². The molecule has 1 rings (SSSR count). The Morgan fingerprint density at radius 3 is 2.29 bits per heavy atom. The van der Waals surface area contributed by atoms with Crippen molar-refractivity contribution >= 4 is 0 Å². The minimum atomic E-state index is -4.63. The second-order valence-electron chi connectivity index (χ2n) is 2.54. The summed E-state index contributed by atoms with van der Waals surface area (Å²) in [5.74, 6) is 0. The highest BCUT2D eigenvalue weighted by molar-refractivity contribution is 5.13. The molecule has 2 nitrogen and oxygen atoms in total. The Labute approximate surface area is 79.2 Å². The zero-order chi connectivity index (χ0) is 10.4. The third-order valence-electron chi connectivity index (χ3n) is 1.42. The SMILES string of the molecule is FC(F)(F)OCOCc1ccccc1. The highest BCUT2D eigenvalue weighted by Crippen LogP contribution is 2.15. The Morgan fingerprint density at radius 2 is 1.71 bits per heavy atom. The van der Waals surface area contributed by atoms with E-state index in [0.717, 1.165) is 5.56 Å². The van der Waals surface area contributed by atoms with Crippen LogP contribution in [0.15, 0.2) is 30.3 Å². The van der Waals surface area contributed by atoms with Gasteiger partial charge in [0, 0.05) is 0 Å². The van der Waals surface area contributed by atoms with Gasteiger partial charge in [-0.3, -0.25) is 4.74 Å². The lowest BCUT2D eigenvalue weighted by atomic mass is 10.2. The van der Waals surface area contributed by atoms with Crippen molar-refractivity contribution in [1.82, 2.24) is 0 Å². The molecule has 0 bridgehead atoms. The molecule has 0 aliphatic carbocycles. The summed E-state index contributed by atoms with van der Waals surface area (Å²) in [5.41, 5.74) is 0.804. The quantitative estimate of drug-likeness (QED) is 0.557. The van der Waals surface area contributed by atoms with Crippen molar-refractivity contribution in [3.63, 3.8) is 0 Å². The number of rotatable bonds is 4. The van der Waals surface area contributed by atoms with Gasteiger partial charge in [0.25, 0.3) is 0 Å². The lowest BCUT2D eigenvalue weighted by molar-refractivity contribution is -0.350. The summed E-state index contributed by atoms with van der Waals surface area (Å²) >= 11 is 0. The third kappa shape index (κ3) is 4.84. The molecule has 0 N–H and O–H groups in total. The summed E-state index contributed by atoms with van der Waals surface area (Å²) in [6, 6.07) is 8.89. The first-order valence-corrected chi connectivity index (χ1v) is 3.90. The lowest BCUT2D eigenvalue weighted by Crippen LogP contribution is -2.15. The maximum atomic E-state index is 11.5. The van der Waals surface area contributed by atoms with Crippen molar-refractivity contribution in [2.75, 3.05) is 6.79 Å². The van der Waals surface area contributed by atoms with Crippen LogP contribution in [0.2, 0.25) is 0 Å². The molecule has 0 aliphatic heterocycles.